The molecule has 33 heavy (non-hydrogen) atoms. The summed E-state index contributed by atoms with van der Waals surface area (Å²) in [4.78, 5) is 29.7. The van der Waals surface area contributed by atoms with Crippen LogP contribution in [0, 0.1) is 0 Å². The lowest BCUT2D eigenvalue weighted by molar-refractivity contribution is -0.136. The Labute approximate surface area is 195 Å². The van der Waals surface area contributed by atoms with Crippen molar-refractivity contribution in [2.75, 3.05) is 37.7 Å². The van der Waals surface area contributed by atoms with Gasteiger partial charge in [-0.05, 0) is 42.3 Å². The molecule has 1 atom stereocenters. The summed E-state index contributed by atoms with van der Waals surface area (Å²) < 4.78 is 5.75. The van der Waals surface area contributed by atoms with Gasteiger partial charge in [0.1, 0.15) is 11.8 Å². The second-order valence-electron chi connectivity index (χ2n) is 8.32. The van der Waals surface area contributed by atoms with E-state index in [1.54, 1.807) is 6.92 Å². The number of para-hydroxylation sites is 2. The normalized spacial score (nSPS) is 14.7. The number of carbonyl (C=O) groups is 2. The molecule has 1 saturated heterocycles. The fourth-order valence-electron chi connectivity index (χ4n) is 4.41. The lowest BCUT2D eigenvalue weighted by Crippen LogP contribution is -2.54. The third-order valence-corrected chi connectivity index (χ3v) is 6.08. The summed E-state index contributed by atoms with van der Waals surface area (Å²) in [5.74, 6) is 0.685. The van der Waals surface area contributed by atoms with Crippen LogP contribution < -0.4 is 15.0 Å². The third-order valence-electron chi connectivity index (χ3n) is 6.08. The smallest absolute Gasteiger partial charge is 0.244 e. The van der Waals surface area contributed by atoms with Crippen LogP contribution in [0.2, 0.25) is 0 Å². The summed E-state index contributed by atoms with van der Waals surface area (Å²) in [5.41, 5.74) is 2.02. The number of amides is 2. The number of carbonyl (C=O) groups excluding carboxylic acids is 2. The summed E-state index contributed by atoms with van der Waals surface area (Å²) in [6, 6.07) is 21.4. The van der Waals surface area contributed by atoms with E-state index < -0.39 is 6.04 Å². The van der Waals surface area contributed by atoms with Gasteiger partial charge in [0, 0.05) is 26.2 Å². The van der Waals surface area contributed by atoms with Gasteiger partial charge in [-0.2, -0.15) is 0 Å². The quantitative estimate of drug-likeness (QED) is 0.603. The molecule has 0 unspecified atom stereocenters. The highest BCUT2D eigenvalue weighted by Crippen LogP contribution is 2.29. The van der Waals surface area contributed by atoms with Gasteiger partial charge in [0.2, 0.25) is 11.8 Å². The minimum Gasteiger partial charge on any atom is -0.492 e. The van der Waals surface area contributed by atoms with Gasteiger partial charge in [-0.1, -0.05) is 54.6 Å². The van der Waals surface area contributed by atoms with E-state index in [4.69, 9.17) is 4.74 Å². The molecule has 1 heterocycles. The van der Waals surface area contributed by atoms with Crippen LogP contribution in [0.25, 0.3) is 10.8 Å². The summed E-state index contributed by atoms with van der Waals surface area (Å²) in [6.45, 7) is 7.04. The molecule has 1 aliphatic rings. The van der Waals surface area contributed by atoms with E-state index in [2.05, 4.69) is 16.3 Å². The van der Waals surface area contributed by atoms with E-state index in [0.29, 0.717) is 19.7 Å². The Balaban J connectivity index is 1.32. The molecule has 6 nitrogen and oxygen atoms in total. The summed E-state index contributed by atoms with van der Waals surface area (Å²) in [6.07, 6.45) is 0.251. The van der Waals surface area contributed by atoms with Crippen molar-refractivity contribution in [3.05, 3.63) is 72.3 Å². The maximum atomic E-state index is 13.0. The van der Waals surface area contributed by atoms with Crippen molar-refractivity contribution in [3.63, 3.8) is 0 Å². The largest absolute Gasteiger partial charge is 0.492 e. The van der Waals surface area contributed by atoms with Gasteiger partial charge in [-0.3, -0.25) is 9.59 Å². The number of nitrogens with one attached hydrogen (secondary N) is 1. The summed E-state index contributed by atoms with van der Waals surface area (Å²) in [7, 11) is 0. The minimum atomic E-state index is -0.560. The lowest BCUT2D eigenvalue weighted by Gasteiger charge is -2.37. The van der Waals surface area contributed by atoms with E-state index in [9.17, 15) is 9.59 Å². The molecule has 0 saturated carbocycles. The molecule has 0 radical (unpaired) electrons. The molecule has 0 spiro atoms. The van der Waals surface area contributed by atoms with Crippen LogP contribution in [0.3, 0.4) is 0 Å². The highest BCUT2D eigenvalue weighted by Gasteiger charge is 2.27. The molecule has 4 rings (SSSR count). The van der Waals surface area contributed by atoms with Crippen molar-refractivity contribution >= 4 is 28.3 Å². The maximum absolute atomic E-state index is 13.0. The fourth-order valence-corrected chi connectivity index (χ4v) is 4.41. The topological polar surface area (TPSA) is 61.9 Å². The van der Waals surface area contributed by atoms with Gasteiger partial charge in [0.05, 0.1) is 18.7 Å². The molecule has 0 bridgehead atoms. The Bertz CT molecular complexity index is 1120. The van der Waals surface area contributed by atoms with E-state index in [1.165, 1.54) is 0 Å². The number of benzene rings is 3. The van der Waals surface area contributed by atoms with Crippen molar-refractivity contribution < 1.29 is 14.3 Å². The van der Waals surface area contributed by atoms with E-state index in [1.807, 2.05) is 72.5 Å². The number of ether oxygens (including phenoxy) is 1. The van der Waals surface area contributed by atoms with Crippen molar-refractivity contribution in [1.29, 1.82) is 0 Å². The van der Waals surface area contributed by atoms with Gasteiger partial charge in [-0.15, -0.1) is 0 Å². The number of hydrogen-bond acceptors (Lipinski definition) is 4. The van der Waals surface area contributed by atoms with Crippen LogP contribution in [0.15, 0.2) is 66.7 Å². The predicted molar refractivity (Wildman–Crippen MR) is 132 cm³/mol. The van der Waals surface area contributed by atoms with Gasteiger partial charge in [-0.25, -0.2) is 0 Å². The number of anilines is 1. The Hall–Kier alpha value is -3.54. The van der Waals surface area contributed by atoms with E-state index in [-0.39, 0.29) is 18.2 Å². The van der Waals surface area contributed by atoms with E-state index in [0.717, 1.165) is 40.9 Å². The van der Waals surface area contributed by atoms with Crippen LogP contribution >= 0.6 is 0 Å². The van der Waals surface area contributed by atoms with E-state index >= 15 is 0 Å². The van der Waals surface area contributed by atoms with Crippen LogP contribution in [-0.2, 0) is 16.0 Å². The lowest BCUT2D eigenvalue weighted by atomic mass is 10.0. The SMILES string of the molecule is CCOc1ccccc1N1CCN(C(=O)[C@H](C)NC(=O)Cc2cccc3ccccc23)CC1. The Morgan fingerprint density at radius 3 is 2.42 bits per heavy atom. The average molecular weight is 446 g/mol. The van der Waals surface area contributed by atoms with Crippen LogP contribution in [-0.4, -0.2) is 55.5 Å². The monoisotopic (exact) mass is 445 g/mol. The molecule has 0 aromatic heterocycles. The van der Waals surface area contributed by atoms with Gasteiger partial charge in [0.15, 0.2) is 0 Å². The molecule has 3 aromatic carbocycles. The molecule has 1 N–H and O–H groups in total. The first-order valence-corrected chi connectivity index (χ1v) is 11.6. The van der Waals surface area contributed by atoms with Gasteiger partial charge in [0.25, 0.3) is 0 Å². The molecule has 3 aromatic rings. The number of nitrogens with zero attached hydrogens (tertiary/aromatic N) is 2. The summed E-state index contributed by atoms with van der Waals surface area (Å²) >= 11 is 0. The Morgan fingerprint density at radius 1 is 0.939 bits per heavy atom. The molecule has 2 amide bonds. The fraction of sp³-hybridized carbons (Fsp3) is 0.333. The second kappa shape index (κ2) is 10.4. The highest BCUT2D eigenvalue weighted by molar-refractivity contribution is 5.92. The maximum Gasteiger partial charge on any atom is 0.244 e. The minimum absolute atomic E-state index is 0.0426. The molecule has 1 fully saturated rings. The predicted octanol–water partition coefficient (Wildman–Crippen LogP) is 3.63. The zero-order chi connectivity index (χ0) is 23.2. The zero-order valence-corrected chi connectivity index (χ0v) is 19.3. The van der Waals surface area contributed by atoms with Crippen molar-refractivity contribution in [2.24, 2.45) is 0 Å². The van der Waals surface area contributed by atoms with Crippen molar-refractivity contribution in [3.8, 4) is 5.75 Å². The number of hydrogen-bond donors (Lipinski definition) is 1. The van der Waals surface area contributed by atoms with Crippen molar-refractivity contribution in [1.82, 2.24) is 10.2 Å². The molecular weight excluding hydrogens is 414 g/mol. The second-order valence-corrected chi connectivity index (χ2v) is 8.32. The van der Waals surface area contributed by atoms with Crippen LogP contribution in [0.4, 0.5) is 5.69 Å². The van der Waals surface area contributed by atoms with Crippen LogP contribution in [0.1, 0.15) is 19.4 Å². The summed E-state index contributed by atoms with van der Waals surface area (Å²) in [5, 5.41) is 5.07. The van der Waals surface area contributed by atoms with Gasteiger partial charge < -0.3 is 19.9 Å². The molecular formula is C27H31N3O3. The zero-order valence-electron chi connectivity index (χ0n) is 19.3. The standard InChI is InChI=1S/C27H31N3O3/c1-3-33-25-14-7-6-13-24(25)29-15-17-30(18-16-29)27(32)20(2)28-26(31)19-22-11-8-10-21-9-4-5-12-23(21)22/h4-14,20H,3,15-19H2,1-2H3,(H,28,31)/t20-/m0/s1. The Kier molecular flexibility index (Phi) is 7.13. The van der Waals surface area contributed by atoms with Gasteiger partial charge >= 0.3 is 0 Å². The number of fused-ring (bicyclic) bond motifs is 1. The van der Waals surface area contributed by atoms with Crippen LogP contribution in [0.5, 0.6) is 5.75 Å². The first-order valence-electron chi connectivity index (χ1n) is 11.6. The van der Waals surface area contributed by atoms with Crippen molar-refractivity contribution in [2.45, 2.75) is 26.3 Å². The molecule has 1 aliphatic heterocycles. The molecule has 6 heteroatoms. The first kappa shape index (κ1) is 22.6. The molecule has 0 aliphatic carbocycles. The average Bonchev–Trinajstić information content (AvgIpc) is 2.84. The molecule has 172 valence electrons. The number of piperazine rings is 1. The Morgan fingerprint density at radius 2 is 1.64 bits per heavy atom. The number of rotatable bonds is 7. The third kappa shape index (κ3) is 5.28. The highest BCUT2D eigenvalue weighted by atomic mass is 16.5. The first-order chi connectivity index (χ1) is 16.1.